The molecule has 2 amide bonds. The van der Waals surface area contributed by atoms with Crippen molar-refractivity contribution in [2.45, 2.75) is 13.3 Å². The van der Waals surface area contributed by atoms with Gasteiger partial charge in [0.15, 0.2) is 0 Å². The third kappa shape index (κ3) is 2.42. The fourth-order valence-corrected chi connectivity index (χ4v) is 2.22. The van der Waals surface area contributed by atoms with Crippen molar-refractivity contribution in [2.75, 3.05) is 11.4 Å². The molecular formula is C13H14N2O4. The zero-order chi connectivity index (χ0) is 14.2. The van der Waals surface area contributed by atoms with E-state index in [1.54, 1.807) is 13.0 Å². The predicted molar refractivity (Wildman–Crippen MR) is 67.8 cm³/mol. The molecule has 1 atom stereocenters. The molecule has 3 N–H and O–H groups in total. The third-order valence-electron chi connectivity index (χ3n) is 3.26. The molecule has 1 aliphatic rings. The van der Waals surface area contributed by atoms with Crippen molar-refractivity contribution in [3.05, 3.63) is 29.3 Å². The zero-order valence-electron chi connectivity index (χ0n) is 10.4. The van der Waals surface area contributed by atoms with Crippen LogP contribution in [0, 0.1) is 12.8 Å². The first-order valence-electron chi connectivity index (χ1n) is 5.83. The number of hydrogen-bond donors (Lipinski definition) is 2. The van der Waals surface area contributed by atoms with Gasteiger partial charge in [-0.25, -0.2) is 4.79 Å². The number of carboxylic acid groups (broad SMARTS) is 1. The highest BCUT2D eigenvalue weighted by atomic mass is 16.4. The van der Waals surface area contributed by atoms with E-state index in [1.165, 1.54) is 17.0 Å². The minimum atomic E-state index is -1.02. The van der Waals surface area contributed by atoms with Crippen molar-refractivity contribution in [1.82, 2.24) is 0 Å². The van der Waals surface area contributed by atoms with Crippen molar-refractivity contribution < 1.29 is 19.5 Å². The summed E-state index contributed by atoms with van der Waals surface area (Å²) >= 11 is 0. The maximum atomic E-state index is 11.9. The molecule has 0 aliphatic carbocycles. The van der Waals surface area contributed by atoms with Crippen molar-refractivity contribution in [2.24, 2.45) is 11.7 Å². The van der Waals surface area contributed by atoms with Gasteiger partial charge in [0.05, 0.1) is 11.5 Å². The van der Waals surface area contributed by atoms with E-state index in [0.717, 1.165) is 0 Å². The Labute approximate surface area is 109 Å². The Morgan fingerprint density at radius 1 is 1.42 bits per heavy atom. The van der Waals surface area contributed by atoms with Crippen molar-refractivity contribution in [3.8, 4) is 0 Å². The van der Waals surface area contributed by atoms with Gasteiger partial charge in [-0.15, -0.1) is 0 Å². The molecule has 1 fully saturated rings. The lowest BCUT2D eigenvalue weighted by molar-refractivity contribution is -0.123. The van der Waals surface area contributed by atoms with Gasteiger partial charge in [0.2, 0.25) is 11.8 Å². The number of amides is 2. The Bertz CT molecular complexity index is 568. The highest BCUT2D eigenvalue weighted by Gasteiger charge is 2.34. The molecule has 1 aliphatic heterocycles. The van der Waals surface area contributed by atoms with E-state index < -0.39 is 17.8 Å². The van der Waals surface area contributed by atoms with Crippen LogP contribution in [0.1, 0.15) is 22.3 Å². The van der Waals surface area contributed by atoms with Crippen LogP contribution < -0.4 is 10.6 Å². The average molecular weight is 262 g/mol. The van der Waals surface area contributed by atoms with E-state index in [-0.39, 0.29) is 24.4 Å². The monoisotopic (exact) mass is 262 g/mol. The fourth-order valence-electron chi connectivity index (χ4n) is 2.22. The number of anilines is 1. The number of primary amides is 1. The number of carbonyl (C=O) groups is 3. The average Bonchev–Trinajstić information content (AvgIpc) is 2.71. The number of rotatable bonds is 3. The summed E-state index contributed by atoms with van der Waals surface area (Å²) in [6, 6.07) is 4.53. The number of benzene rings is 1. The van der Waals surface area contributed by atoms with Crippen LogP contribution in [-0.4, -0.2) is 29.4 Å². The highest BCUT2D eigenvalue weighted by molar-refractivity contribution is 6.01. The number of hydrogen-bond acceptors (Lipinski definition) is 3. The van der Waals surface area contributed by atoms with E-state index in [1.807, 2.05) is 0 Å². The first-order chi connectivity index (χ1) is 8.90. The molecule has 6 heteroatoms. The Hall–Kier alpha value is -2.37. The first kappa shape index (κ1) is 13.1. The summed E-state index contributed by atoms with van der Waals surface area (Å²) < 4.78 is 0. The quantitative estimate of drug-likeness (QED) is 0.829. The summed E-state index contributed by atoms with van der Waals surface area (Å²) in [6.45, 7) is 1.98. The molecule has 6 nitrogen and oxygen atoms in total. The maximum Gasteiger partial charge on any atom is 0.335 e. The molecule has 1 heterocycles. The van der Waals surface area contributed by atoms with Gasteiger partial charge >= 0.3 is 5.97 Å². The Morgan fingerprint density at radius 2 is 2.11 bits per heavy atom. The van der Waals surface area contributed by atoms with Crippen LogP contribution in [0.4, 0.5) is 5.69 Å². The Kier molecular flexibility index (Phi) is 3.25. The van der Waals surface area contributed by atoms with Crippen LogP contribution in [-0.2, 0) is 9.59 Å². The van der Waals surface area contributed by atoms with Crippen LogP contribution in [0.5, 0.6) is 0 Å². The van der Waals surface area contributed by atoms with Crippen LogP contribution in [0.25, 0.3) is 0 Å². The van der Waals surface area contributed by atoms with Crippen LogP contribution >= 0.6 is 0 Å². The summed E-state index contributed by atoms with van der Waals surface area (Å²) in [5, 5.41) is 8.89. The summed E-state index contributed by atoms with van der Waals surface area (Å²) in [6.07, 6.45) is 0.107. The molecule has 1 unspecified atom stereocenters. The molecule has 19 heavy (non-hydrogen) atoms. The van der Waals surface area contributed by atoms with Gasteiger partial charge in [0.25, 0.3) is 0 Å². The second-order valence-corrected chi connectivity index (χ2v) is 4.61. The Morgan fingerprint density at radius 3 is 2.58 bits per heavy atom. The summed E-state index contributed by atoms with van der Waals surface area (Å²) in [5.41, 5.74) is 6.68. The Balaban J connectivity index is 2.30. The van der Waals surface area contributed by atoms with E-state index >= 15 is 0 Å². The SMILES string of the molecule is Cc1cc(C(=O)O)ccc1N1CC(C(N)=O)CC1=O. The van der Waals surface area contributed by atoms with Crippen LogP contribution in [0.2, 0.25) is 0 Å². The van der Waals surface area contributed by atoms with Gasteiger partial charge in [0.1, 0.15) is 0 Å². The summed E-state index contributed by atoms with van der Waals surface area (Å²) in [4.78, 5) is 35.3. The number of nitrogens with two attached hydrogens (primary N) is 1. The van der Waals surface area contributed by atoms with Gasteiger partial charge in [-0.05, 0) is 30.7 Å². The van der Waals surface area contributed by atoms with Crippen LogP contribution in [0.3, 0.4) is 0 Å². The number of carbonyl (C=O) groups excluding carboxylic acids is 2. The lowest BCUT2D eigenvalue weighted by Crippen LogP contribution is -2.28. The van der Waals surface area contributed by atoms with Gasteiger partial charge in [-0.1, -0.05) is 0 Å². The minimum absolute atomic E-state index is 0.107. The number of aryl methyl sites for hydroxylation is 1. The molecule has 100 valence electrons. The number of carboxylic acids is 1. The fraction of sp³-hybridized carbons (Fsp3) is 0.308. The summed E-state index contributed by atoms with van der Waals surface area (Å²) in [7, 11) is 0. The second kappa shape index (κ2) is 4.72. The van der Waals surface area contributed by atoms with E-state index in [0.29, 0.717) is 11.3 Å². The van der Waals surface area contributed by atoms with Gasteiger partial charge in [-0.3, -0.25) is 9.59 Å². The van der Waals surface area contributed by atoms with Gasteiger partial charge in [0, 0.05) is 18.7 Å². The zero-order valence-corrected chi connectivity index (χ0v) is 10.4. The summed E-state index contributed by atoms with van der Waals surface area (Å²) in [5.74, 6) is -2.16. The highest BCUT2D eigenvalue weighted by Crippen LogP contribution is 2.28. The molecule has 1 aromatic rings. The van der Waals surface area contributed by atoms with E-state index in [2.05, 4.69) is 0 Å². The predicted octanol–water partition coefficient (Wildman–Crippen LogP) is 0.531. The molecule has 1 saturated heterocycles. The lowest BCUT2D eigenvalue weighted by atomic mass is 10.1. The maximum absolute atomic E-state index is 11.9. The largest absolute Gasteiger partial charge is 0.478 e. The van der Waals surface area contributed by atoms with Crippen molar-refractivity contribution in [1.29, 1.82) is 0 Å². The first-order valence-corrected chi connectivity index (χ1v) is 5.83. The van der Waals surface area contributed by atoms with Crippen LogP contribution in [0.15, 0.2) is 18.2 Å². The van der Waals surface area contributed by atoms with Crippen molar-refractivity contribution >= 4 is 23.5 Å². The molecule has 0 spiro atoms. The third-order valence-corrected chi connectivity index (χ3v) is 3.26. The molecule has 0 bridgehead atoms. The standard InChI is InChI=1S/C13H14N2O4/c1-7-4-8(13(18)19)2-3-10(7)15-6-9(12(14)17)5-11(15)16/h2-4,9H,5-6H2,1H3,(H2,14,17)(H,18,19). The number of nitrogens with zero attached hydrogens (tertiary/aromatic N) is 1. The van der Waals surface area contributed by atoms with Gasteiger partial charge < -0.3 is 15.7 Å². The minimum Gasteiger partial charge on any atom is -0.478 e. The van der Waals surface area contributed by atoms with E-state index in [9.17, 15) is 14.4 Å². The second-order valence-electron chi connectivity index (χ2n) is 4.61. The smallest absolute Gasteiger partial charge is 0.335 e. The normalized spacial score (nSPS) is 18.7. The molecule has 0 radical (unpaired) electrons. The van der Waals surface area contributed by atoms with Crippen molar-refractivity contribution in [3.63, 3.8) is 0 Å². The molecule has 0 saturated carbocycles. The topological polar surface area (TPSA) is 101 Å². The molecule has 2 rings (SSSR count). The lowest BCUT2D eigenvalue weighted by Gasteiger charge is -2.19. The van der Waals surface area contributed by atoms with E-state index in [4.69, 9.17) is 10.8 Å². The number of aromatic carboxylic acids is 1. The molecular weight excluding hydrogens is 248 g/mol. The molecule has 1 aromatic carbocycles. The molecule has 0 aromatic heterocycles. The van der Waals surface area contributed by atoms with Gasteiger partial charge in [-0.2, -0.15) is 0 Å².